The first kappa shape index (κ1) is 55.5. The second-order valence-electron chi connectivity index (χ2n) is 14.2. The van der Waals surface area contributed by atoms with Gasteiger partial charge >= 0.3 is 0 Å². The maximum atomic E-state index is 15.4. The Morgan fingerprint density at radius 1 is 0.949 bits per heavy atom. The lowest BCUT2D eigenvalue weighted by Gasteiger charge is -2.44. The Morgan fingerprint density at radius 2 is 1.47 bits per heavy atom. The van der Waals surface area contributed by atoms with E-state index in [0.717, 1.165) is 41.0 Å². The fourth-order valence-corrected chi connectivity index (χ4v) is 8.04. The third-order valence-electron chi connectivity index (χ3n) is 10.9. The number of unbranched alkanes of at least 4 members (excludes halogenated alkanes) is 1. The molecule has 0 bridgehead atoms. The molecule has 1 heterocycles. The highest BCUT2D eigenvalue weighted by Crippen LogP contribution is 2.60. The van der Waals surface area contributed by atoms with E-state index in [-0.39, 0.29) is 19.2 Å². The number of methoxy groups -OCH3 is 1. The molecule has 59 heavy (non-hydrogen) atoms. The normalized spacial score (nSPS) is 15.4. The van der Waals surface area contributed by atoms with Gasteiger partial charge in [-0.3, -0.25) is 9.59 Å². The number of hydrogen-bond acceptors (Lipinski definition) is 5. The molecule has 9 heteroatoms. The minimum Gasteiger partial charge on any atom is -0.481 e. The number of nitrogens with one attached hydrogen (secondary N) is 1. The maximum absolute atomic E-state index is 15.4. The quantitative estimate of drug-likeness (QED) is 0.154. The van der Waals surface area contributed by atoms with E-state index in [2.05, 4.69) is 57.0 Å². The number of allylic oxidation sites excluding steroid dienone is 3. The van der Waals surface area contributed by atoms with E-state index >= 15 is 4.79 Å². The molecule has 6 nitrogen and oxygen atoms in total. The van der Waals surface area contributed by atoms with Crippen molar-refractivity contribution < 1.29 is 19.1 Å². The number of fused-ring (bicyclic) bond motifs is 1. The molecule has 1 aliphatic heterocycles. The van der Waals surface area contributed by atoms with Crippen LogP contribution in [0.15, 0.2) is 91.2 Å². The number of amides is 2. The van der Waals surface area contributed by atoms with E-state index < -0.39 is 22.9 Å². The van der Waals surface area contributed by atoms with Crippen LogP contribution in [0.25, 0.3) is 0 Å². The van der Waals surface area contributed by atoms with Crippen LogP contribution in [-0.4, -0.2) is 38.2 Å². The van der Waals surface area contributed by atoms with Crippen molar-refractivity contribution in [3.05, 3.63) is 128 Å². The number of benzene rings is 3. The molecule has 4 rings (SSSR count). The lowest BCUT2D eigenvalue weighted by atomic mass is 9.58. The topological polar surface area (TPSA) is 67.9 Å². The summed E-state index contributed by atoms with van der Waals surface area (Å²) in [5.41, 5.74) is 3.64. The number of hydrogen-bond donors (Lipinski definition) is 1. The van der Waals surface area contributed by atoms with Gasteiger partial charge in [0, 0.05) is 65.9 Å². The summed E-state index contributed by atoms with van der Waals surface area (Å²) in [6.07, 6.45) is 8.16. The SMILES string of the molecule is C.C=C(NC)C(CC)(CC)Oc1ccc(Cl)cc1[C@H](C/C(C)=C/C)[C@@]1([C@H](C)c2cc(Cl)ccc2C)C(=O)N(C(C)=O)c2cc(Cl)ccc21.C=CCCC.CC.CCOC. The van der Waals surface area contributed by atoms with Crippen LogP contribution in [0, 0.1) is 6.92 Å². The highest BCUT2D eigenvalue weighted by molar-refractivity contribution is 6.32. The molecule has 0 radical (unpaired) electrons. The van der Waals surface area contributed by atoms with Crippen LogP contribution in [0.1, 0.15) is 143 Å². The number of anilines is 1. The van der Waals surface area contributed by atoms with Gasteiger partial charge < -0.3 is 14.8 Å². The van der Waals surface area contributed by atoms with Crippen LogP contribution < -0.4 is 15.0 Å². The second kappa shape index (κ2) is 26.6. The Morgan fingerprint density at radius 3 is 1.93 bits per heavy atom. The summed E-state index contributed by atoms with van der Waals surface area (Å²) in [7, 11) is 3.52. The molecule has 0 saturated heterocycles. The Hall–Kier alpha value is -3.55. The first-order chi connectivity index (χ1) is 27.5. The smallest absolute Gasteiger partial charge is 0.245 e. The van der Waals surface area contributed by atoms with Gasteiger partial charge in [-0.1, -0.05) is 127 Å². The number of ether oxygens (including phenoxy) is 2. The Bertz CT molecular complexity index is 1850. The first-order valence-electron chi connectivity index (χ1n) is 20.5. The molecule has 0 fully saturated rings. The van der Waals surface area contributed by atoms with Crippen molar-refractivity contribution >= 4 is 52.3 Å². The van der Waals surface area contributed by atoms with Crippen LogP contribution >= 0.6 is 34.8 Å². The van der Waals surface area contributed by atoms with E-state index in [4.69, 9.17) is 39.5 Å². The van der Waals surface area contributed by atoms with Crippen LogP contribution in [-0.2, 0) is 19.7 Å². The number of aryl methyl sites for hydroxylation is 1. The van der Waals surface area contributed by atoms with E-state index in [0.29, 0.717) is 51.3 Å². The van der Waals surface area contributed by atoms with Crippen molar-refractivity contribution in [3.63, 3.8) is 0 Å². The third-order valence-corrected chi connectivity index (χ3v) is 11.6. The molecule has 2 amide bonds. The van der Waals surface area contributed by atoms with Gasteiger partial charge in [0.1, 0.15) is 11.4 Å². The van der Waals surface area contributed by atoms with Crippen molar-refractivity contribution in [1.82, 2.24) is 5.32 Å². The van der Waals surface area contributed by atoms with E-state index in [1.165, 1.54) is 18.2 Å². The van der Waals surface area contributed by atoms with Gasteiger partial charge in [-0.2, -0.15) is 0 Å². The average Bonchev–Trinajstić information content (AvgIpc) is 3.48. The fourth-order valence-electron chi connectivity index (χ4n) is 7.51. The summed E-state index contributed by atoms with van der Waals surface area (Å²) in [5, 5.41) is 4.71. The standard InChI is InChI=1S/C39H45Cl3N2O3.C5H10.C3H8O.C2H6.CH4/c1-10-23(4)19-34(32-21-29(41)16-18-36(32)47-38(11-2,12-3)26(7)43-9)39(25(6)31-20-28(40)14-13-24(31)5)33-17-15-30(42)22-35(33)44(27(8)45)37(39)46;1-3-5-4-2;1-3-4-2;1-2;/h10,13-18,20-22,25,34,43H,7,11-12,19H2,1-6,8-9H3;3H,1,4-5H2,2H3;3H2,1-2H3;1-2H3;1H4/b23-10+;;;;/t25-,34+,39+;;;;/m1..../s1. The number of nitrogens with zero attached hydrogens (tertiary/aromatic N) is 1. The summed E-state index contributed by atoms with van der Waals surface area (Å²) in [6.45, 7) is 30.4. The van der Waals surface area contributed by atoms with Gasteiger partial charge in [-0.15, -0.1) is 6.58 Å². The first-order valence-corrected chi connectivity index (χ1v) is 21.7. The van der Waals surface area contributed by atoms with Gasteiger partial charge in [0.25, 0.3) is 0 Å². The zero-order chi connectivity index (χ0) is 44.4. The molecular formula is C50H73Cl3N2O4. The third kappa shape index (κ3) is 13.0. The minimum atomic E-state index is -1.30. The molecule has 0 unspecified atom stereocenters. The summed E-state index contributed by atoms with van der Waals surface area (Å²) in [5.74, 6) is -1.10. The summed E-state index contributed by atoms with van der Waals surface area (Å²) < 4.78 is 11.6. The van der Waals surface area contributed by atoms with Crippen LogP contribution in [0.3, 0.4) is 0 Å². The number of carbonyl (C=O) groups is 2. The fraction of sp³-hybridized carbons (Fsp3) is 0.480. The Balaban J connectivity index is 0.00000250. The summed E-state index contributed by atoms with van der Waals surface area (Å²) in [6, 6.07) is 16.7. The molecule has 0 aromatic heterocycles. The minimum absolute atomic E-state index is 0. The monoisotopic (exact) mass is 870 g/mol. The number of imide groups is 1. The molecule has 0 saturated carbocycles. The largest absolute Gasteiger partial charge is 0.481 e. The number of likely N-dealkylation sites (N-methyl/N-ethyl adjacent to an activating group) is 1. The lowest BCUT2D eigenvalue weighted by Crippen LogP contribution is -2.50. The maximum Gasteiger partial charge on any atom is 0.245 e. The Labute approximate surface area is 373 Å². The highest BCUT2D eigenvalue weighted by Gasteiger charge is 2.61. The second-order valence-corrected chi connectivity index (χ2v) is 15.5. The molecule has 0 spiro atoms. The molecule has 3 aromatic rings. The average molecular weight is 873 g/mol. The van der Waals surface area contributed by atoms with E-state index in [9.17, 15) is 4.79 Å². The molecule has 3 atom stereocenters. The zero-order valence-electron chi connectivity index (χ0n) is 37.4. The van der Waals surface area contributed by atoms with Gasteiger partial charge in [0.05, 0.1) is 11.1 Å². The van der Waals surface area contributed by atoms with Crippen LogP contribution in [0.2, 0.25) is 15.1 Å². The number of rotatable bonds is 15. The molecule has 1 aliphatic rings. The molecule has 1 N–H and O–H groups in total. The van der Waals surface area contributed by atoms with Crippen LogP contribution in [0.4, 0.5) is 5.69 Å². The van der Waals surface area contributed by atoms with E-state index in [1.807, 2.05) is 97.1 Å². The van der Waals surface area contributed by atoms with Crippen molar-refractivity contribution in [2.45, 2.75) is 139 Å². The molecule has 0 aliphatic carbocycles. The van der Waals surface area contributed by atoms with Crippen LogP contribution in [0.5, 0.6) is 5.75 Å². The van der Waals surface area contributed by atoms with Crippen molar-refractivity contribution in [2.24, 2.45) is 0 Å². The van der Waals surface area contributed by atoms with Gasteiger partial charge in [-0.25, -0.2) is 4.90 Å². The predicted molar refractivity (Wildman–Crippen MR) is 257 cm³/mol. The molecule has 3 aromatic carbocycles. The zero-order valence-corrected chi connectivity index (χ0v) is 39.6. The Kier molecular flexibility index (Phi) is 25.0. The van der Waals surface area contributed by atoms with E-state index in [1.54, 1.807) is 19.2 Å². The molecular weight excluding hydrogens is 799 g/mol. The summed E-state index contributed by atoms with van der Waals surface area (Å²) in [4.78, 5) is 30.1. The number of carbonyl (C=O) groups excluding carboxylic acids is 2. The van der Waals surface area contributed by atoms with Crippen molar-refractivity contribution in [3.8, 4) is 5.75 Å². The summed E-state index contributed by atoms with van der Waals surface area (Å²) >= 11 is 20.0. The van der Waals surface area contributed by atoms with Gasteiger partial charge in [0.15, 0.2) is 0 Å². The van der Waals surface area contributed by atoms with Crippen molar-refractivity contribution in [2.75, 3.05) is 25.7 Å². The van der Waals surface area contributed by atoms with Gasteiger partial charge in [0.2, 0.25) is 11.8 Å². The number of halogens is 3. The lowest BCUT2D eigenvalue weighted by molar-refractivity contribution is -0.129. The molecule has 328 valence electrons. The van der Waals surface area contributed by atoms with Gasteiger partial charge in [-0.05, 0) is 113 Å². The highest BCUT2D eigenvalue weighted by atomic mass is 35.5. The van der Waals surface area contributed by atoms with Crippen molar-refractivity contribution in [1.29, 1.82) is 0 Å². The predicted octanol–water partition coefficient (Wildman–Crippen LogP) is 15.0.